The van der Waals surface area contributed by atoms with E-state index in [-0.39, 0.29) is 6.10 Å². The number of hydrogen-bond acceptors (Lipinski definition) is 3. The first kappa shape index (κ1) is 8.53. The zero-order valence-corrected chi connectivity index (χ0v) is 7.73. The zero-order valence-electron chi connectivity index (χ0n) is 7.73. The molecule has 2 N–H and O–H groups in total. The van der Waals surface area contributed by atoms with E-state index in [1.807, 2.05) is 18.2 Å². The number of anilines is 1. The lowest BCUT2D eigenvalue weighted by Crippen LogP contribution is -2.33. The minimum atomic E-state index is 0.143. The normalized spacial score (nSPS) is 22.3. The summed E-state index contributed by atoms with van der Waals surface area (Å²) in [4.78, 5) is 0. The fourth-order valence-electron chi connectivity index (χ4n) is 1.63. The number of fused-ring (bicyclic) bond motifs is 1. The maximum Gasteiger partial charge on any atom is 0.0818 e. The van der Waals surface area contributed by atoms with E-state index in [1.165, 1.54) is 5.56 Å². The topological polar surface area (TPSA) is 38.5 Å². The molecule has 1 heterocycles. The second-order valence-electron chi connectivity index (χ2n) is 3.27. The molecule has 70 valence electrons. The Morgan fingerprint density at radius 1 is 1.46 bits per heavy atom. The Kier molecular flexibility index (Phi) is 2.20. The van der Waals surface area contributed by atoms with Gasteiger partial charge in [-0.2, -0.15) is 0 Å². The summed E-state index contributed by atoms with van der Waals surface area (Å²) in [5.41, 5.74) is 2.25. The van der Waals surface area contributed by atoms with E-state index in [9.17, 15) is 0 Å². The van der Waals surface area contributed by atoms with Crippen molar-refractivity contribution in [1.29, 1.82) is 0 Å². The van der Waals surface area contributed by atoms with Gasteiger partial charge in [0.05, 0.1) is 24.9 Å². The first-order valence-corrected chi connectivity index (χ1v) is 4.52. The van der Waals surface area contributed by atoms with Gasteiger partial charge in [-0.1, -0.05) is 18.2 Å². The molecule has 0 bridgehead atoms. The van der Waals surface area contributed by atoms with Crippen molar-refractivity contribution < 1.29 is 4.74 Å². The van der Waals surface area contributed by atoms with E-state index in [1.54, 1.807) is 5.01 Å². The third-order valence-electron chi connectivity index (χ3n) is 2.38. The Bertz CT molecular complexity index is 272. The van der Waals surface area contributed by atoms with E-state index in [0.29, 0.717) is 6.61 Å². The van der Waals surface area contributed by atoms with Gasteiger partial charge in [-0.3, -0.25) is 0 Å². The molecule has 13 heavy (non-hydrogen) atoms. The molecule has 1 aromatic carbocycles. The molecule has 2 rings (SSSR count). The van der Waals surface area contributed by atoms with Crippen LogP contribution in [0.25, 0.3) is 0 Å². The third-order valence-corrected chi connectivity index (χ3v) is 2.38. The lowest BCUT2D eigenvalue weighted by atomic mass is 10.1. The van der Waals surface area contributed by atoms with Crippen molar-refractivity contribution in [3.63, 3.8) is 0 Å². The van der Waals surface area contributed by atoms with E-state index >= 15 is 0 Å². The summed E-state index contributed by atoms with van der Waals surface area (Å²) >= 11 is 0. The van der Waals surface area contributed by atoms with Gasteiger partial charge in [0.15, 0.2) is 0 Å². The van der Waals surface area contributed by atoms with Gasteiger partial charge in [-0.15, -0.1) is 0 Å². The molecular weight excluding hydrogens is 164 g/mol. The van der Waals surface area contributed by atoms with Crippen LogP contribution in [0.5, 0.6) is 0 Å². The number of nitrogens with zero attached hydrogens (tertiary/aromatic N) is 1. The highest BCUT2D eigenvalue weighted by atomic mass is 16.5. The largest absolute Gasteiger partial charge is 0.372 e. The third kappa shape index (κ3) is 1.53. The number of para-hydroxylation sites is 1. The minimum Gasteiger partial charge on any atom is -0.372 e. The Balaban J connectivity index is 2.45. The molecule has 0 radical (unpaired) electrons. The summed E-state index contributed by atoms with van der Waals surface area (Å²) in [5, 5.41) is 1.75. The van der Waals surface area contributed by atoms with Crippen molar-refractivity contribution in [2.24, 2.45) is 5.84 Å². The van der Waals surface area contributed by atoms with Crippen LogP contribution in [0.15, 0.2) is 24.3 Å². The van der Waals surface area contributed by atoms with Gasteiger partial charge in [0.1, 0.15) is 0 Å². The number of benzene rings is 1. The van der Waals surface area contributed by atoms with Crippen molar-refractivity contribution in [1.82, 2.24) is 0 Å². The van der Waals surface area contributed by atoms with Crippen molar-refractivity contribution in [2.75, 3.05) is 18.2 Å². The molecule has 3 nitrogen and oxygen atoms in total. The van der Waals surface area contributed by atoms with Crippen molar-refractivity contribution in [3.05, 3.63) is 29.8 Å². The molecule has 1 aliphatic heterocycles. The van der Waals surface area contributed by atoms with Gasteiger partial charge >= 0.3 is 0 Å². The second-order valence-corrected chi connectivity index (χ2v) is 3.27. The highest BCUT2D eigenvalue weighted by Gasteiger charge is 2.17. The molecule has 1 aromatic rings. The average Bonchev–Trinajstić information content (AvgIpc) is 2.29. The van der Waals surface area contributed by atoms with E-state index in [2.05, 4.69) is 13.0 Å². The number of ether oxygens (including phenoxy) is 1. The summed E-state index contributed by atoms with van der Waals surface area (Å²) in [7, 11) is 0. The highest BCUT2D eigenvalue weighted by molar-refractivity contribution is 5.53. The van der Waals surface area contributed by atoms with Crippen molar-refractivity contribution in [3.8, 4) is 0 Å². The Morgan fingerprint density at radius 2 is 2.23 bits per heavy atom. The second kappa shape index (κ2) is 3.36. The monoisotopic (exact) mass is 178 g/mol. The fourth-order valence-corrected chi connectivity index (χ4v) is 1.63. The molecule has 3 heteroatoms. The average molecular weight is 178 g/mol. The van der Waals surface area contributed by atoms with Gasteiger partial charge in [0, 0.05) is 5.56 Å². The van der Waals surface area contributed by atoms with E-state index in [0.717, 1.165) is 12.2 Å². The maximum atomic E-state index is 5.86. The quantitative estimate of drug-likeness (QED) is 0.611. The Labute approximate surface area is 78.1 Å². The first-order chi connectivity index (χ1) is 6.29. The molecule has 0 saturated carbocycles. The summed E-state index contributed by atoms with van der Waals surface area (Å²) in [6.45, 7) is 3.49. The number of hydrogen-bond donors (Lipinski definition) is 1. The van der Waals surface area contributed by atoms with E-state index in [4.69, 9.17) is 10.6 Å². The molecule has 0 saturated heterocycles. The predicted molar refractivity (Wildman–Crippen MR) is 52.3 cm³/mol. The van der Waals surface area contributed by atoms with Crippen LogP contribution < -0.4 is 10.9 Å². The minimum absolute atomic E-state index is 0.143. The molecule has 0 aliphatic carbocycles. The predicted octanol–water partition coefficient (Wildman–Crippen LogP) is 1.46. The van der Waals surface area contributed by atoms with Crippen LogP contribution in [0.4, 0.5) is 5.69 Å². The van der Waals surface area contributed by atoms with Crippen LogP contribution in [-0.2, 0) is 4.74 Å². The summed E-state index contributed by atoms with van der Waals surface area (Å²) in [5.74, 6) is 5.86. The lowest BCUT2D eigenvalue weighted by molar-refractivity contribution is 0.0760. The molecule has 1 unspecified atom stereocenters. The Hall–Kier alpha value is -1.06. The molecule has 0 fully saturated rings. The van der Waals surface area contributed by atoms with Crippen LogP contribution in [0.1, 0.15) is 18.6 Å². The van der Waals surface area contributed by atoms with Gasteiger partial charge in [0.25, 0.3) is 0 Å². The maximum absolute atomic E-state index is 5.86. The van der Waals surface area contributed by atoms with Crippen LogP contribution in [-0.4, -0.2) is 13.2 Å². The fraction of sp³-hybridized carbons (Fsp3) is 0.400. The van der Waals surface area contributed by atoms with Crippen LogP contribution in [0.3, 0.4) is 0 Å². The summed E-state index contributed by atoms with van der Waals surface area (Å²) < 4.78 is 5.58. The number of nitrogens with two attached hydrogens (primary N) is 1. The van der Waals surface area contributed by atoms with Crippen LogP contribution in [0.2, 0.25) is 0 Å². The molecular formula is C10H14N2O. The first-order valence-electron chi connectivity index (χ1n) is 4.52. The van der Waals surface area contributed by atoms with Gasteiger partial charge < -0.3 is 9.75 Å². The molecule has 1 aliphatic rings. The zero-order chi connectivity index (χ0) is 9.26. The SMILES string of the molecule is CC1OCCN(N)c2ccccc21. The van der Waals surface area contributed by atoms with Gasteiger partial charge in [-0.05, 0) is 13.0 Å². The highest BCUT2D eigenvalue weighted by Crippen LogP contribution is 2.28. The van der Waals surface area contributed by atoms with E-state index < -0.39 is 0 Å². The Morgan fingerprint density at radius 3 is 3.08 bits per heavy atom. The molecule has 0 spiro atoms. The molecule has 0 aromatic heterocycles. The summed E-state index contributed by atoms with van der Waals surface area (Å²) in [6, 6.07) is 8.10. The standard InChI is InChI=1S/C10H14N2O/c1-8-9-4-2-3-5-10(9)12(11)6-7-13-8/h2-5,8H,6-7,11H2,1H3. The molecule has 0 amide bonds. The smallest absolute Gasteiger partial charge is 0.0818 e. The van der Waals surface area contributed by atoms with Gasteiger partial charge in [-0.25, -0.2) is 5.84 Å². The summed E-state index contributed by atoms with van der Waals surface area (Å²) in [6.07, 6.45) is 0.143. The van der Waals surface area contributed by atoms with Gasteiger partial charge in [0.2, 0.25) is 0 Å². The number of hydrazine groups is 1. The number of rotatable bonds is 0. The lowest BCUT2D eigenvalue weighted by Gasteiger charge is -2.18. The van der Waals surface area contributed by atoms with Crippen LogP contribution >= 0.6 is 0 Å². The van der Waals surface area contributed by atoms with Crippen molar-refractivity contribution >= 4 is 5.69 Å². The van der Waals surface area contributed by atoms with Crippen LogP contribution in [0, 0.1) is 0 Å². The molecule has 1 atom stereocenters. The van der Waals surface area contributed by atoms with Crippen molar-refractivity contribution in [2.45, 2.75) is 13.0 Å².